The third-order valence-electron chi connectivity index (χ3n) is 4.13. The van der Waals surface area contributed by atoms with Crippen LogP contribution in [0.2, 0.25) is 0 Å². The first kappa shape index (κ1) is 19.9. The second-order valence-corrected chi connectivity index (χ2v) is 6.28. The zero-order chi connectivity index (χ0) is 20.6. The number of carbonyl (C=O) groups excluding carboxylic acids is 1. The minimum Gasteiger partial charge on any atom is -0.490 e. The summed E-state index contributed by atoms with van der Waals surface area (Å²) in [6.45, 7) is 1.90. The maximum absolute atomic E-state index is 11.9. The maximum Gasteiger partial charge on any atom is 0.411 e. The molecular weight excluding hydrogens is 372 g/mol. The van der Waals surface area contributed by atoms with Crippen molar-refractivity contribution in [3.05, 3.63) is 88.5 Å². The molecule has 0 radical (unpaired) electrons. The van der Waals surface area contributed by atoms with Crippen molar-refractivity contribution in [3.8, 4) is 16.9 Å². The number of aryl methyl sites for hydroxylation is 1. The number of nitro groups is 1. The molecule has 3 aromatic carbocycles. The van der Waals surface area contributed by atoms with Crippen LogP contribution < -0.4 is 10.1 Å². The van der Waals surface area contributed by atoms with Gasteiger partial charge in [0.1, 0.15) is 24.7 Å². The molecule has 29 heavy (non-hydrogen) atoms. The molecule has 0 aliphatic rings. The Balaban J connectivity index is 1.46. The minimum atomic E-state index is -0.778. The molecule has 1 amide bonds. The molecule has 148 valence electrons. The number of hydrogen-bond donors (Lipinski definition) is 1. The van der Waals surface area contributed by atoms with Gasteiger partial charge in [-0.25, -0.2) is 4.79 Å². The maximum atomic E-state index is 11.9. The number of nitrogens with one attached hydrogen (secondary N) is 1. The van der Waals surface area contributed by atoms with Crippen LogP contribution in [-0.4, -0.2) is 24.2 Å². The van der Waals surface area contributed by atoms with Crippen molar-refractivity contribution in [2.24, 2.45) is 0 Å². The molecule has 7 nitrogen and oxygen atoms in total. The average molecular weight is 392 g/mol. The summed E-state index contributed by atoms with van der Waals surface area (Å²) in [5.74, 6) is 0.655. The highest BCUT2D eigenvalue weighted by atomic mass is 16.6. The third-order valence-corrected chi connectivity index (χ3v) is 4.13. The van der Waals surface area contributed by atoms with Crippen molar-refractivity contribution in [2.75, 3.05) is 18.5 Å². The van der Waals surface area contributed by atoms with E-state index in [1.165, 1.54) is 12.1 Å². The van der Waals surface area contributed by atoms with Crippen LogP contribution in [0.25, 0.3) is 11.1 Å². The molecule has 3 aromatic rings. The molecule has 1 N–H and O–H groups in total. The first-order valence-electron chi connectivity index (χ1n) is 9.00. The summed E-state index contributed by atoms with van der Waals surface area (Å²) in [6.07, 6.45) is -0.778. The van der Waals surface area contributed by atoms with Crippen molar-refractivity contribution < 1.29 is 19.2 Å². The van der Waals surface area contributed by atoms with Gasteiger partial charge in [-0.1, -0.05) is 48.5 Å². The highest BCUT2D eigenvalue weighted by molar-refractivity contribution is 5.87. The number of anilines is 1. The fourth-order valence-electron chi connectivity index (χ4n) is 2.71. The van der Waals surface area contributed by atoms with Crippen LogP contribution in [0.5, 0.6) is 5.75 Å². The predicted octanol–water partition coefficient (Wildman–Crippen LogP) is 5.20. The average Bonchev–Trinajstić information content (AvgIpc) is 2.73. The van der Waals surface area contributed by atoms with Crippen LogP contribution in [0, 0.1) is 17.0 Å². The van der Waals surface area contributed by atoms with Crippen LogP contribution in [0.3, 0.4) is 0 Å². The molecule has 0 atom stereocenters. The first-order valence-corrected chi connectivity index (χ1v) is 9.00. The second-order valence-electron chi connectivity index (χ2n) is 6.28. The molecule has 3 rings (SSSR count). The quantitative estimate of drug-likeness (QED) is 0.339. The molecule has 0 saturated heterocycles. The van der Waals surface area contributed by atoms with E-state index in [4.69, 9.17) is 9.47 Å². The van der Waals surface area contributed by atoms with Gasteiger partial charge in [0.2, 0.25) is 0 Å². The molecule has 0 fully saturated rings. The van der Waals surface area contributed by atoms with Gasteiger partial charge in [-0.2, -0.15) is 0 Å². The lowest BCUT2D eigenvalue weighted by Crippen LogP contribution is -2.18. The fraction of sp³-hybridized carbons (Fsp3) is 0.136. The summed E-state index contributed by atoms with van der Waals surface area (Å²) >= 11 is 0. The summed E-state index contributed by atoms with van der Waals surface area (Å²) in [5, 5.41) is 13.5. The number of amides is 1. The third kappa shape index (κ3) is 5.55. The van der Waals surface area contributed by atoms with Gasteiger partial charge in [0.15, 0.2) is 0 Å². The van der Waals surface area contributed by atoms with E-state index in [1.54, 1.807) is 13.0 Å². The molecule has 0 spiro atoms. The lowest BCUT2D eigenvalue weighted by atomic mass is 10.1. The summed E-state index contributed by atoms with van der Waals surface area (Å²) in [7, 11) is 0. The molecule has 7 heteroatoms. The van der Waals surface area contributed by atoms with Crippen LogP contribution in [-0.2, 0) is 4.74 Å². The standard InChI is InChI=1S/C22H20N2O5/c1-16-7-12-20(21(15-16)24(26)27)23-22(25)29-14-13-28-19-10-8-18(9-11-19)17-5-3-2-4-6-17/h2-12,15H,13-14H2,1H3,(H,23,25). The number of carbonyl (C=O) groups is 1. The van der Waals surface area contributed by atoms with Crippen molar-refractivity contribution >= 4 is 17.5 Å². The Labute approximate surface area is 168 Å². The van der Waals surface area contributed by atoms with Gasteiger partial charge in [0.05, 0.1) is 4.92 Å². The molecule has 0 unspecified atom stereocenters. The Hall–Kier alpha value is -3.87. The summed E-state index contributed by atoms with van der Waals surface area (Å²) in [5.41, 5.74) is 2.82. The number of benzene rings is 3. The van der Waals surface area contributed by atoms with Crippen molar-refractivity contribution in [2.45, 2.75) is 6.92 Å². The molecule has 0 aliphatic carbocycles. The number of nitrogens with zero attached hydrogens (tertiary/aromatic N) is 1. The number of rotatable bonds is 7. The van der Waals surface area contributed by atoms with E-state index in [1.807, 2.05) is 54.6 Å². The van der Waals surface area contributed by atoms with E-state index in [2.05, 4.69) is 5.32 Å². The van der Waals surface area contributed by atoms with Crippen LogP contribution in [0.1, 0.15) is 5.56 Å². The summed E-state index contributed by atoms with van der Waals surface area (Å²) < 4.78 is 10.6. The molecule has 0 bridgehead atoms. The Morgan fingerprint density at radius 2 is 1.66 bits per heavy atom. The van der Waals surface area contributed by atoms with E-state index in [9.17, 15) is 14.9 Å². The van der Waals surface area contributed by atoms with Crippen LogP contribution in [0.15, 0.2) is 72.8 Å². The highest BCUT2D eigenvalue weighted by Crippen LogP contribution is 2.25. The fourth-order valence-corrected chi connectivity index (χ4v) is 2.71. The summed E-state index contributed by atoms with van der Waals surface area (Å²) in [4.78, 5) is 22.4. The minimum absolute atomic E-state index is 0.00588. The first-order chi connectivity index (χ1) is 14.0. The van der Waals surface area contributed by atoms with Gasteiger partial charge >= 0.3 is 6.09 Å². The van der Waals surface area contributed by atoms with Crippen LogP contribution >= 0.6 is 0 Å². The Morgan fingerprint density at radius 3 is 2.34 bits per heavy atom. The van der Waals surface area contributed by atoms with Gasteiger partial charge < -0.3 is 9.47 Å². The zero-order valence-corrected chi connectivity index (χ0v) is 15.8. The van der Waals surface area contributed by atoms with Gasteiger partial charge in [-0.15, -0.1) is 0 Å². The summed E-state index contributed by atoms with van der Waals surface area (Å²) in [6, 6.07) is 22.1. The van der Waals surface area contributed by atoms with E-state index in [0.29, 0.717) is 5.75 Å². The SMILES string of the molecule is Cc1ccc(NC(=O)OCCOc2ccc(-c3ccccc3)cc2)c([N+](=O)[O-])c1. The van der Waals surface area contributed by atoms with Crippen molar-refractivity contribution in [1.82, 2.24) is 0 Å². The Kier molecular flexibility index (Phi) is 6.42. The number of ether oxygens (including phenoxy) is 2. The largest absolute Gasteiger partial charge is 0.490 e. The highest BCUT2D eigenvalue weighted by Gasteiger charge is 2.16. The normalized spacial score (nSPS) is 10.2. The van der Waals surface area contributed by atoms with Gasteiger partial charge in [0, 0.05) is 6.07 Å². The van der Waals surface area contributed by atoms with Crippen molar-refractivity contribution in [1.29, 1.82) is 0 Å². The van der Waals surface area contributed by atoms with E-state index in [0.717, 1.165) is 16.7 Å². The smallest absolute Gasteiger partial charge is 0.411 e. The number of nitro benzene ring substituents is 1. The van der Waals surface area contributed by atoms with Gasteiger partial charge in [-0.3, -0.25) is 15.4 Å². The molecule has 0 aromatic heterocycles. The van der Waals surface area contributed by atoms with Crippen molar-refractivity contribution in [3.63, 3.8) is 0 Å². The second kappa shape index (κ2) is 9.36. The monoisotopic (exact) mass is 392 g/mol. The zero-order valence-electron chi connectivity index (χ0n) is 15.8. The van der Waals surface area contributed by atoms with Gasteiger partial charge in [0.25, 0.3) is 5.69 Å². The lowest BCUT2D eigenvalue weighted by Gasteiger charge is -2.10. The molecular formula is C22H20N2O5. The van der Waals surface area contributed by atoms with Crippen LogP contribution in [0.4, 0.5) is 16.2 Å². The van der Waals surface area contributed by atoms with E-state index in [-0.39, 0.29) is 24.6 Å². The van der Waals surface area contributed by atoms with E-state index < -0.39 is 11.0 Å². The molecule has 0 aliphatic heterocycles. The predicted molar refractivity (Wildman–Crippen MR) is 110 cm³/mol. The number of hydrogen-bond acceptors (Lipinski definition) is 5. The lowest BCUT2D eigenvalue weighted by molar-refractivity contribution is -0.384. The molecule has 0 saturated carbocycles. The molecule has 0 heterocycles. The topological polar surface area (TPSA) is 90.7 Å². The Bertz CT molecular complexity index is 988. The Morgan fingerprint density at radius 1 is 0.966 bits per heavy atom. The van der Waals surface area contributed by atoms with E-state index >= 15 is 0 Å². The van der Waals surface area contributed by atoms with Gasteiger partial charge in [-0.05, 0) is 41.8 Å².